The van der Waals surface area contributed by atoms with Gasteiger partial charge in [0.2, 0.25) is 0 Å². The lowest BCUT2D eigenvalue weighted by Gasteiger charge is -2.12. The molecule has 30 heavy (non-hydrogen) atoms. The van der Waals surface area contributed by atoms with Crippen molar-refractivity contribution in [2.45, 2.75) is 20.5 Å². The van der Waals surface area contributed by atoms with Crippen LogP contribution >= 0.6 is 12.2 Å². The van der Waals surface area contributed by atoms with Crippen molar-refractivity contribution in [1.82, 2.24) is 5.32 Å². The fraction of sp³-hybridized carbons (Fsp3) is 0.217. The van der Waals surface area contributed by atoms with Crippen molar-refractivity contribution in [2.24, 2.45) is 5.92 Å². The Labute approximate surface area is 180 Å². The van der Waals surface area contributed by atoms with Crippen molar-refractivity contribution in [3.8, 4) is 17.1 Å². The number of furan rings is 1. The molecule has 0 aliphatic rings. The van der Waals surface area contributed by atoms with Crippen LogP contribution in [0.4, 0.5) is 5.69 Å². The molecular weight excluding hydrogens is 400 g/mol. The molecule has 0 fully saturated rings. The first-order valence-electron chi connectivity index (χ1n) is 9.60. The summed E-state index contributed by atoms with van der Waals surface area (Å²) >= 11 is 5.26. The molecule has 0 spiro atoms. The van der Waals surface area contributed by atoms with Crippen molar-refractivity contribution in [2.75, 3.05) is 11.9 Å². The predicted octanol–water partition coefficient (Wildman–Crippen LogP) is 4.60. The Kier molecular flexibility index (Phi) is 7.21. The Morgan fingerprint density at radius 2 is 1.90 bits per heavy atom. The maximum absolute atomic E-state index is 12.5. The third-order valence-electron chi connectivity index (χ3n) is 4.15. The summed E-state index contributed by atoms with van der Waals surface area (Å²) in [5.74, 6) is 1.91. The van der Waals surface area contributed by atoms with Crippen LogP contribution in [0.3, 0.4) is 0 Å². The van der Waals surface area contributed by atoms with Crippen LogP contribution < -0.4 is 15.4 Å². The monoisotopic (exact) mass is 424 g/mol. The van der Waals surface area contributed by atoms with E-state index in [0.29, 0.717) is 35.4 Å². The van der Waals surface area contributed by atoms with Crippen LogP contribution in [0.25, 0.3) is 11.3 Å². The summed E-state index contributed by atoms with van der Waals surface area (Å²) in [6.07, 6.45) is 0. The number of hydrogen-bond acceptors (Lipinski definition) is 5. The van der Waals surface area contributed by atoms with Gasteiger partial charge in [0.15, 0.2) is 5.11 Å². The van der Waals surface area contributed by atoms with Gasteiger partial charge in [0.1, 0.15) is 23.9 Å². The first-order chi connectivity index (χ1) is 14.4. The Morgan fingerprint density at radius 1 is 1.13 bits per heavy atom. The quantitative estimate of drug-likeness (QED) is 0.481. The molecule has 0 saturated carbocycles. The summed E-state index contributed by atoms with van der Waals surface area (Å²) < 4.78 is 11.2. The fourth-order valence-electron chi connectivity index (χ4n) is 2.66. The Hall–Kier alpha value is -3.16. The minimum absolute atomic E-state index is 0.139. The number of ether oxygens (including phenoxy) is 1. The smallest absolute Gasteiger partial charge is 0.257 e. The number of benzene rings is 2. The molecule has 2 aromatic carbocycles. The van der Waals surface area contributed by atoms with Crippen molar-refractivity contribution < 1.29 is 19.1 Å². The lowest BCUT2D eigenvalue weighted by Crippen LogP contribution is -2.34. The molecule has 0 aliphatic carbocycles. The highest BCUT2D eigenvalue weighted by atomic mass is 32.1. The molecule has 0 aliphatic heterocycles. The lowest BCUT2D eigenvalue weighted by atomic mass is 10.1. The number of thiocarbonyl (C=S) groups is 1. The normalized spacial score (nSPS) is 10.7. The van der Waals surface area contributed by atoms with Crippen LogP contribution in [0, 0.1) is 5.92 Å². The van der Waals surface area contributed by atoms with E-state index >= 15 is 0 Å². The van der Waals surface area contributed by atoms with Crippen molar-refractivity contribution >= 4 is 28.9 Å². The van der Waals surface area contributed by atoms with Crippen LogP contribution in [-0.4, -0.2) is 22.7 Å². The molecule has 3 N–H and O–H groups in total. The van der Waals surface area contributed by atoms with Crippen molar-refractivity contribution in [1.29, 1.82) is 0 Å². The van der Waals surface area contributed by atoms with E-state index in [2.05, 4.69) is 24.5 Å². The number of nitrogens with one attached hydrogen (secondary N) is 2. The first-order valence-corrected chi connectivity index (χ1v) is 10.0. The third-order valence-corrected chi connectivity index (χ3v) is 4.36. The highest BCUT2D eigenvalue weighted by Crippen LogP contribution is 2.24. The maximum Gasteiger partial charge on any atom is 0.257 e. The zero-order chi connectivity index (χ0) is 21.5. The zero-order valence-electron chi connectivity index (χ0n) is 16.8. The number of amides is 1. The molecule has 0 atom stereocenters. The van der Waals surface area contributed by atoms with E-state index in [1.54, 1.807) is 30.3 Å². The topological polar surface area (TPSA) is 83.7 Å². The molecule has 1 heterocycles. The second-order valence-electron chi connectivity index (χ2n) is 7.14. The average Bonchev–Trinajstić information content (AvgIpc) is 3.22. The second kappa shape index (κ2) is 10.0. The van der Waals surface area contributed by atoms with Crippen LogP contribution in [0.5, 0.6) is 5.75 Å². The van der Waals surface area contributed by atoms with E-state index < -0.39 is 0 Å². The highest BCUT2D eigenvalue weighted by Gasteiger charge is 2.10. The van der Waals surface area contributed by atoms with Gasteiger partial charge in [-0.3, -0.25) is 10.1 Å². The molecular formula is C23H24N2O4S. The number of aliphatic hydroxyl groups excluding tert-OH is 1. The average molecular weight is 425 g/mol. The van der Waals surface area contributed by atoms with Crippen molar-refractivity contribution in [3.63, 3.8) is 0 Å². The molecule has 1 amide bonds. The molecule has 1 aromatic heterocycles. The standard InChI is InChI=1S/C23H24N2O4S/c1-15(2)14-28-19-5-3-4-17(12-19)22(27)25-23(30)24-18-8-6-16(7-9-18)21-11-10-20(13-26)29-21/h3-12,15,26H,13-14H2,1-2H3,(H2,24,25,27,30). The molecule has 0 saturated heterocycles. The van der Waals surface area contributed by atoms with E-state index in [1.165, 1.54) is 0 Å². The maximum atomic E-state index is 12.5. The molecule has 6 nitrogen and oxygen atoms in total. The second-order valence-corrected chi connectivity index (χ2v) is 7.55. The van der Waals surface area contributed by atoms with Gasteiger partial charge in [-0.05, 0) is 72.7 Å². The number of carbonyl (C=O) groups is 1. The van der Waals surface area contributed by atoms with E-state index in [-0.39, 0.29) is 17.6 Å². The van der Waals surface area contributed by atoms with Gasteiger partial charge in [-0.2, -0.15) is 0 Å². The van der Waals surface area contributed by atoms with Crippen LogP contribution in [0.1, 0.15) is 30.0 Å². The summed E-state index contributed by atoms with van der Waals surface area (Å²) in [5, 5.41) is 15.0. The van der Waals surface area contributed by atoms with E-state index in [4.69, 9.17) is 26.5 Å². The van der Waals surface area contributed by atoms with Gasteiger partial charge < -0.3 is 19.6 Å². The van der Waals surface area contributed by atoms with Crippen molar-refractivity contribution in [3.05, 3.63) is 72.0 Å². The van der Waals surface area contributed by atoms with Gasteiger partial charge in [-0.1, -0.05) is 19.9 Å². The Morgan fingerprint density at radius 3 is 2.57 bits per heavy atom. The number of hydrogen-bond donors (Lipinski definition) is 3. The van der Waals surface area contributed by atoms with Gasteiger partial charge >= 0.3 is 0 Å². The van der Waals surface area contributed by atoms with E-state index in [0.717, 1.165) is 11.3 Å². The molecule has 0 unspecified atom stereocenters. The molecule has 0 radical (unpaired) electrons. The van der Waals surface area contributed by atoms with Gasteiger partial charge in [0.25, 0.3) is 5.91 Å². The Balaban J connectivity index is 1.57. The summed E-state index contributed by atoms with van der Waals surface area (Å²) in [6, 6.07) is 17.9. The highest BCUT2D eigenvalue weighted by molar-refractivity contribution is 7.80. The van der Waals surface area contributed by atoms with Crippen LogP contribution in [-0.2, 0) is 6.61 Å². The van der Waals surface area contributed by atoms with E-state index in [1.807, 2.05) is 30.3 Å². The number of carbonyl (C=O) groups excluding carboxylic acids is 1. The largest absolute Gasteiger partial charge is 0.493 e. The number of anilines is 1. The molecule has 0 bridgehead atoms. The number of aliphatic hydroxyl groups is 1. The molecule has 3 rings (SSSR count). The van der Waals surface area contributed by atoms with E-state index in [9.17, 15) is 4.79 Å². The SMILES string of the molecule is CC(C)COc1cccc(C(=O)NC(=S)Nc2ccc(-c3ccc(CO)o3)cc2)c1. The minimum atomic E-state index is -0.314. The summed E-state index contributed by atoms with van der Waals surface area (Å²) in [5.41, 5.74) is 2.06. The number of rotatable bonds is 7. The van der Waals surface area contributed by atoms with Crippen LogP contribution in [0.2, 0.25) is 0 Å². The summed E-state index contributed by atoms with van der Waals surface area (Å²) in [6.45, 7) is 4.57. The minimum Gasteiger partial charge on any atom is -0.493 e. The van der Waals surface area contributed by atoms with Crippen LogP contribution in [0.15, 0.2) is 65.1 Å². The first kappa shape index (κ1) is 21.5. The summed E-state index contributed by atoms with van der Waals surface area (Å²) in [4.78, 5) is 12.5. The molecule has 7 heteroatoms. The van der Waals surface area contributed by atoms with Gasteiger partial charge in [-0.15, -0.1) is 0 Å². The zero-order valence-corrected chi connectivity index (χ0v) is 17.7. The molecule has 3 aromatic rings. The lowest BCUT2D eigenvalue weighted by molar-refractivity contribution is 0.0977. The van der Waals surface area contributed by atoms with Gasteiger partial charge in [-0.25, -0.2) is 0 Å². The third kappa shape index (κ3) is 5.92. The molecule has 156 valence electrons. The summed E-state index contributed by atoms with van der Waals surface area (Å²) in [7, 11) is 0. The Bertz CT molecular complexity index is 1010. The predicted molar refractivity (Wildman–Crippen MR) is 121 cm³/mol. The van der Waals surface area contributed by atoms with Gasteiger partial charge in [0.05, 0.1) is 6.61 Å². The van der Waals surface area contributed by atoms with Gasteiger partial charge in [0, 0.05) is 16.8 Å². The fourth-order valence-corrected chi connectivity index (χ4v) is 2.87.